The highest BCUT2D eigenvalue weighted by atomic mass is 35.5. The zero-order valence-corrected chi connectivity index (χ0v) is 26.8. The molecule has 45 heavy (non-hydrogen) atoms. The number of hydrogen-bond donors (Lipinski definition) is 3. The minimum absolute atomic E-state index is 0.0375. The van der Waals surface area contributed by atoms with Crippen LogP contribution in [0.15, 0.2) is 59.5 Å². The first-order chi connectivity index (χ1) is 21.0. The molecule has 0 heterocycles. The number of carbonyl (C=O) groups is 4. The normalized spacial score (nSPS) is 11.1. The molecule has 0 fully saturated rings. The summed E-state index contributed by atoms with van der Waals surface area (Å²) in [7, 11) is -4.30. The van der Waals surface area contributed by atoms with E-state index in [2.05, 4.69) is 10.6 Å². The van der Waals surface area contributed by atoms with E-state index >= 15 is 0 Å². The predicted molar refractivity (Wildman–Crippen MR) is 166 cm³/mol. The first-order valence-corrected chi connectivity index (χ1v) is 15.3. The van der Waals surface area contributed by atoms with Crippen molar-refractivity contribution >= 4 is 62.6 Å². The van der Waals surface area contributed by atoms with Crippen molar-refractivity contribution in [2.45, 2.75) is 38.2 Å². The molecule has 15 heteroatoms. The maximum Gasteiger partial charge on any atom is 0.408 e. The van der Waals surface area contributed by atoms with Crippen LogP contribution >= 0.6 is 23.2 Å². The van der Waals surface area contributed by atoms with Crippen LogP contribution in [0.4, 0.5) is 10.5 Å². The lowest BCUT2D eigenvalue weighted by molar-refractivity contribution is -0.119. The molecule has 3 aromatic rings. The van der Waals surface area contributed by atoms with Gasteiger partial charge >= 0.3 is 6.09 Å². The largest absolute Gasteiger partial charge is 0.483 e. The Morgan fingerprint density at radius 2 is 1.64 bits per heavy atom. The Morgan fingerprint density at radius 3 is 2.29 bits per heavy atom. The van der Waals surface area contributed by atoms with Gasteiger partial charge < -0.3 is 20.1 Å². The second-order valence-corrected chi connectivity index (χ2v) is 13.1. The number of carbonyl (C=O) groups excluding carboxylic acids is 4. The number of hydrogen-bond acceptors (Lipinski definition) is 9. The Hall–Kier alpha value is -4.64. The van der Waals surface area contributed by atoms with Crippen LogP contribution in [-0.4, -0.2) is 50.9 Å². The van der Waals surface area contributed by atoms with Crippen LogP contribution in [0, 0.1) is 18.3 Å². The summed E-state index contributed by atoms with van der Waals surface area (Å²) in [6.45, 7) is 5.27. The predicted octanol–water partition coefficient (Wildman–Crippen LogP) is 4.75. The van der Waals surface area contributed by atoms with E-state index < -0.39 is 52.5 Å². The Bertz CT molecular complexity index is 1820. The molecule has 0 saturated carbocycles. The fourth-order valence-electron chi connectivity index (χ4n) is 3.73. The number of sulfonamides is 1. The fourth-order valence-corrected chi connectivity index (χ4v) is 5.21. The van der Waals surface area contributed by atoms with Crippen molar-refractivity contribution in [1.82, 2.24) is 10.0 Å². The number of rotatable bonds is 10. The number of amides is 3. The number of ketones is 1. The van der Waals surface area contributed by atoms with Gasteiger partial charge in [0, 0.05) is 21.3 Å². The highest BCUT2D eigenvalue weighted by Gasteiger charge is 2.22. The number of nitriles is 1. The molecule has 0 aliphatic rings. The molecule has 0 unspecified atom stereocenters. The zero-order valence-electron chi connectivity index (χ0n) is 24.5. The van der Waals surface area contributed by atoms with Crippen molar-refractivity contribution in [3.8, 4) is 11.8 Å². The number of anilines is 1. The summed E-state index contributed by atoms with van der Waals surface area (Å²) in [5.74, 6) is -2.10. The lowest BCUT2D eigenvalue weighted by Gasteiger charge is -2.19. The molecular formula is C30H28Cl2N4O8S. The summed E-state index contributed by atoms with van der Waals surface area (Å²) in [4.78, 5) is 49.5. The summed E-state index contributed by atoms with van der Waals surface area (Å²) < 4.78 is 37.8. The van der Waals surface area contributed by atoms with Gasteiger partial charge in [-0.05, 0) is 87.9 Å². The van der Waals surface area contributed by atoms with Crippen molar-refractivity contribution in [3.05, 3.63) is 86.9 Å². The smallest absolute Gasteiger partial charge is 0.408 e. The molecule has 0 aliphatic heterocycles. The van der Waals surface area contributed by atoms with E-state index in [1.54, 1.807) is 20.8 Å². The number of halogens is 2. The number of aryl methyl sites for hydroxylation is 1. The summed E-state index contributed by atoms with van der Waals surface area (Å²) >= 11 is 12.1. The second kappa shape index (κ2) is 14.4. The average molecular weight is 676 g/mol. The van der Waals surface area contributed by atoms with Crippen molar-refractivity contribution in [1.29, 1.82) is 5.26 Å². The molecule has 0 atom stereocenters. The highest BCUT2D eigenvalue weighted by molar-refractivity contribution is 7.90. The monoisotopic (exact) mass is 674 g/mol. The molecule has 236 valence electrons. The SMILES string of the molecule is Cc1cc(S(=O)(=O)NC(=O)CNC(=O)OC(C)(C)C)ccc1NC(=O)COc1ccc(Cl)cc1C(=O)c1cc(Cl)cc(C#N)c1. The number of benzene rings is 3. The number of nitrogens with zero attached hydrogens (tertiary/aromatic N) is 1. The Labute approximate surface area is 269 Å². The van der Waals surface area contributed by atoms with Gasteiger partial charge in [0.1, 0.15) is 17.9 Å². The first-order valence-electron chi connectivity index (χ1n) is 13.1. The van der Waals surface area contributed by atoms with E-state index in [1.807, 2.05) is 10.8 Å². The molecular weight excluding hydrogens is 647 g/mol. The molecule has 3 rings (SSSR count). The minimum atomic E-state index is -4.30. The standard InChI is InChI=1S/C30H28Cl2N4O8S/c1-17-9-22(45(41,42)36-26(37)15-34-29(40)44-30(2,3)4)6-7-24(17)35-27(38)16-43-25-8-5-20(31)13-23(25)28(39)19-10-18(14-33)11-21(32)12-19/h5-13H,15-16H2,1-4H3,(H,34,40)(H,35,38)(H,36,37). The van der Waals surface area contributed by atoms with Crippen LogP contribution in [0.25, 0.3) is 0 Å². The van der Waals surface area contributed by atoms with Crippen LogP contribution in [-0.2, 0) is 24.3 Å². The lowest BCUT2D eigenvalue weighted by Crippen LogP contribution is -2.41. The molecule has 0 spiro atoms. The van der Waals surface area contributed by atoms with Gasteiger partial charge in [-0.3, -0.25) is 14.4 Å². The topological polar surface area (TPSA) is 181 Å². The highest BCUT2D eigenvalue weighted by Crippen LogP contribution is 2.27. The van der Waals surface area contributed by atoms with E-state index in [0.717, 1.165) is 0 Å². The molecule has 0 aliphatic carbocycles. The minimum Gasteiger partial charge on any atom is -0.483 e. The third-order valence-corrected chi connectivity index (χ3v) is 7.48. The molecule has 12 nitrogen and oxygen atoms in total. The van der Waals surface area contributed by atoms with Crippen LogP contribution in [0.2, 0.25) is 10.0 Å². The molecule has 3 N–H and O–H groups in total. The molecule has 0 radical (unpaired) electrons. The Balaban J connectivity index is 1.65. The van der Waals surface area contributed by atoms with Crippen LogP contribution in [0.3, 0.4) is 0 Å². The average Bonchev–Trinajstić information content (AvgIpc) is 2.94. The van der Waals surface area contributed by atoms with E-state index in [-0.39, 0.29) is 43.1 Å². The van der Waals surface area contributed by atoms with E-state index in [4.69, 9.17) is 32.7 Å². The number of alkyl carbamates (subject to hydrolysis) is 1. The summed E-state index contributed by atoms with van der Waals surface area (Å²) in [5.41, 5.74) is 0.152. The van der Waals surface area contributed by atoms with Crippen molar-refractivity contribution in [2.24, 2.45) is 0 Å². The molecule has 3 aromatic carbocycles. The van der Waals surface area contributed by atoms with Gasteiger partial charge in [0.15, 0.2) is 12.4 Å². The quantitative estimate of drug-likeness (QED) is 0.256. The first kappa shape index (κ1) is 34.8. The molecule has 3 amide bonds. The van der Waals surface area contributed by atoms with Crippen molar-refractivity contribution in [2.75, 3.05) is 18.5 Å². The van der Waals surface area contributed by atoms with Crippen molar-refractivity contribution in [3.63, 3.8) is 0 Å². The third-order valence-electron chi connectivity index (χ3n) is 5.66. The molecule has 0 saturated heterocycles. The van der Waals surface area contributed by atoms with Gasteiger partial charge in [-0.2, -0.15) is 5.26 Å². The van der Waals surface area contributed by atoms with Gasteiger partial charge in [0.2, 0.25) is 0 Å². The van der Waals surface area contributed by atoms with Gasteiger partial charge in [0.05, 0.1) is 22.1 Å². The molecule has 0 aromatic heterocycles. The van der Waals surface area contributed by atoms with Crippen LogP contribution in [0.5, 0.6) is 5.75 Å². The zero-order chi connectivity index (χ0) is 33.5. The van der Waals surface area contributed by atoms with Gasteiger partial charge in [0.25, 0.3) is 21.8 Å². The van der Waals surface area contributed by atoms with Gasteiger partial charge in [-0.25, -0.2) is 17.9 Å². The maximum atomic E-state index is 13.2. The fraction of sp³-hybridized carbons (Fsp3) is 0.233. The summed E-state index contributed by atoms with van der Waals surface area (Å²) in [6.07, 6.45) is -0.885. The van der Waals surface area contributed by atoms with E-state index in [9.17, 15) is 32.9 Å². The number of ether oxygens (including phenoxy) is 2. The maximum absolute atomic E-state index is 13.2. The van der Waals surface area contributed by atoms with Gasteiger partial charge in [-0.1, -0.05) is 23.2 Å². The van der Waals surface area contributed by atoms with E-state index in [1.165, 1.54) is 61.5 Å². The van der Waals surface area contributed by atoms with Crippen LogP contribution in [0.1, 0.15) is 47.8 Å². The van der Waals surface area contributed by atoms with E-state index in [0.29, 0.717) is 5.56 Å². The summed E-state index contributed by atoms with van der Waals surface area (Å²) in [6, 6.07) is 14.1. The summed E-state index contributed by atoms with van der Waals surface area (Å²) in [5, 5.41) is 14.4. The molecule has 0 bridgehead atoms. The lowest BCUT2D eigenvalue weighted by atomic mass is 10.0. The Kier molecular flexibility index (Phi) is 11.2. The second-order valence-electron chi connectivity index (χ2n) is 10.5. The number of nitrogens with one attached hydrogen (secondary N) is 3. The third kappa shape index (κ3) is 10.2. The Morgan fingerprint density at radius 1 is 0.933 bits per heavy atom. The van der Waals surface area contributed by atoms with Crippen molar-refractivity contribution < 1.29 is 37.1 Å². The van der Waals surface area contributed by atoms with Crippen LogP contribution < -0.4 is 20.1 Å². The van der Waals surface area contributed by atoms with Gasteiger partial charge in [-0.15, -0.1) is 0 Å².